The van der Waals surface area contributed by atoms with Crippen molar-refractivity contribution in [2.45, 2.75) is 0 Å². The summed E-state index contributed by atoms with van der Waals surface area (Å²) in [5.41, 5.74) is 0.136. The van der Waals surface area contributed by atoms with Crippen LogP contribution in [0.4, 0.5) is 5.69 Å². The molecule has 0 atom stereocenters. The lowest BCUT2D eigenvalue weighted by Crippen LogP contribution is -2.13. The molecule has 0 aliphatic heterocycles. The zero-order valence-corrected chi connectivity index (χ0v) is 10.6. The molecule has 2 N–H and O–H groups in total. The Morgan fingerprint density at radius 2 is 2.21 bits per heavy atom. The molecule has 1 aromatic carbocycles. The number of carboxylic acid groups (broad SMARTS) is 1. The van der Waals surface area contributed by atoms with Crippen molar-refractivity contribution in [2.75, 3.05) is 12.4 Å². The Balaban J connectivity index is 2.29. The molecule has 19 heavy (non-hydrogen) atoms. The molecule has 0 aliphatic carbocycles. The predicted molar refractivity (Wildman–Crippen MR) is 67.8 cm³/mol. The first kappa shape index (κ1) is 13.0. The number of amides is 1. The summed E-state index contributed by atoms with van der Waals surface area (Å²) in [7, 11) is 1.43. The number of rotatable bonds is 4. The zero-order valence-electron chi connectivity index (χ0n) is 9.78. The first-order valence-electron chi connectivity index (χ1n) is 5.12. The van der Waals surface area contributed by atoms with Gasteiger partial charge < -0.3 is 15.2 Å². The Bertz CT molecular complexity index is 612. The minimum Gasteiger partial charge on any atom is -0.497 e. The fourth-order valence-electron chi connectivity index (χ4n) is 1.39. The summed E-state index contributed by atoms with van der Waals surface area (Å²) in [4.78, 5) is 23.2. The van der Waals surface area contributed by atoms with Crippen LogP contribution >= 0.6 is 11.5 Å². The van der Waals surface area contributed by atoms with Crippen molar-refractivity contribution in [3.8, 4) is 5.75 Å². The number of methoxy groups -OCH3 is 1. The highest BCUT2D eigenvalue weighted by Gasteiger charge is 2.15. The number of nitrogens with zero attached hydrogens (tertiary/aromatic N) is 2. The van der Waals surface area contributed by atoms with Crippen LogP contribution in [0, 0.1) is 0 Å². The molecule has 2 aromatic rings. The van der Waals surface area contributed by atoms with E-state index in [2.05, 4.69) is 14.9 Å². The maximum Gasteiger partial charge on any atom is 0.337 e. The number of ether oxygens (including phenoxy) is 1. The molecule has 0 bridgehead atoms. The molecule has 0 unspecified atom stereocenters. The monoisotopic (exact) mass is 279 g/mol. The number of hydrogen-bond donors (Lipinski definition) is 2. The van der Waals surface area contributed by atoms with Crippen LogP contribution in [0.25, 0.3) is 0 Å². The molecule has 0 fully saturated rings. The van der Waals surface area contributed by atoms with Gasteiger partial charge in [-0.15, -0.1) is 5.10 Å². The van der Waals surface area contributed by atoms with Crippen molar-refractivity contribution >= 4 is 29.1 Å². The lowest BCUT2D eigenvalue weighted by molar-refractivity contribution is 0.0697. The van der Waals surface area contributed by atoms with E-state index in [0.29, 0.717) is 10.6 Å². The minimum absolute atomic E-state index is 0.0508. The molecule has 0 saturated heterocycles. The van der Waals surface area contributed by atoms with Gasteiger partial charge in [0, 0.05) is 0 Å². The topological polar surface area (TPSA) is 101 Å². The van der Waals surface area contributed by atoms with Crippen molar-refractivity contribution in [3.63, 3.8) is 0 Å². The lowest BCUT2D eigenvalue weighted by atomic mass is 10.1. The molecule has 8 heteroatoms. The maximum absolute atomic E-state index is 11.8. The normalized spacial score (nSPS) is 9.95. The van der Waals surface area contributed by atoms with Crippen molar-refractivity contribution in [1.82, 2.24) is 9.59 Å². The highest BCUT2D eigenvalue weighted by molar-refractivity contribution is 7.07. The van der Waals surface area contributed by atoms with Crippen LogP contribution in [0.1, 0.15) is 20.0 Å². The van der Waals surface area contributed by atoms with Gasteiger partial charge in [-0.25, -0.2) is 4.79 Å². The zero-order chi connectivity index (χ0) is 13.8. The Kier molecular flexibility index (Phi) is 3.71. The third-order valence-electron chi connectivity index (χ3n) is 2.29. The smallest absolute Gasteiger partial charge is 0.337 e. The number of anilines is 1. The van der Waals surface area contributed by atoms with E-state index >= 15 is 0 Å². The highest BCUT2D eigenvalue weighted by atomic mass is 32.1. The fraction of sp³-hybridized carbons (Fsp3) is 0.0909. The first-order chi connectivity index (χ1) is 9.11. The third-order valence-corrected chi connectivity index (χ3v) is 2.95. The van der Waals surface area contributed by atoms with Crippen LogP contribution < -0.4 is 10.1 Å². The average molecular weight is 279 g/mol. The van der Waals surface area contributed by atoms with E-state index in [-0.39, 0.29) is 11.3 Å². The number of nitrogens with one attached hydrogen (secondary N) is 1. The predicted octanol–water partition coefficient (Wildman–Crippen LogP) is 1.50. The van der Waals surface area contributed by atoms with Crippen LogP contribution in [0.3, 0.4) is 0 Å². The van der Waals surface area contributed by atoms with Gasteiger partial charge in [0.2, 0.25) is 0 Å². The van der Waals surface area contributed by atoms with Gasteiger partial charge in [0.1, 0.15) is 10.6 Å². The van der Waals surface area contributed by atoms with Gasteiger partial charge in [0.25, 0.3) is 5.91 Å². The molecule has 1 heterocycles. The Hall–Kier alpha value is -2.48. The second kappa shape index (κ2) is 5.44. The summed E-state index contributed by atoms with van der Waals surface area (Å²) in [6.45, 7) is 0. The highest BCUT2D eigenvalue weighted by Crippen LogP contribution is 2.22. The summed E-state index contributed by atoms with van der Waals surface area (Å²) in [5.74, 6) is -1.21. The van der Waals surface area contributed by atoms with E-state index in [9.17, 15) is 9.59 Å². The maximum atomic E-state index is 11.8. The van der Waals surface area contributed by atoms with Gasteiger partial charge in [-0.3, -0.25) is 4.79 Å². The SMILES string of the molecule is COc1ccc(NC(=O)c2cnns2)c(C(=O)O)c1. The molecular weight excluding hydrogens is 270 g/mol. The van der Waals surface area contributed by atoms with Gasteiger partial charge in [0.05, 0.1) is 24.6 Å². The number of carbonyl (C=O) groups is 2. The summed E-state index contributed by atoms with van der Waals surface area (Å²) in [6, 6.07) is 4.37. The van der Waals surface area contributed by atoms with E-state index in [1.165, 1.54) is 25.4 Å². The van der Waals surface area contributed by atoms with Crippen LogP contribution in [-0.4, -0.2) is 33.7 Å². The second-order valence-electron chi connectivity index (χ2n) is 3.45. The van der Waals surface area contributed by atoms with Crippen LogP contribution in [-0.2, 0) is 0 Å². The second-order valence-corrected chi connectivity index (χ2v) is 4.24. The number of aromatic carboxylic acids is 1. The molecule has 2 rings (SSSR count). The quantitative estimate of drug-likeness (QED) is 0.879. The average Bonchev–Trinajstić information content (AvgIpc) is 2.92. The Labute approximate surface area is 112 Å². The van der Waals surface area contributed by atoms with Crippen LogP contribution in [0.5, 0.6) is 5.75 Å². The molecule has 0 radical (unpaired) electrons. The van der Waals surface area contributed by atoms with E-state index in [1.54, 1.807) is 6.07 Å². The van der Waals surface area contributed by atoms with E-state index in [1.807, 2.05) is 0 Å². The Morgan fingerprint density at radius 3 is 2.79 bits per heavy atom. The molecule has 1 amide bonds. The molecule has 0 saturated carbocycles. The standard InChI is InChI=1S/C11H9N3O4S/c1-18-6-2-3-8(7(4-6)11(16)17)13-10(15)9-5-12-14-19-9/h2-5H,1H3,(H,13,15)(H,16,17). The third kappa shape index (κ3) is 2.86. The minimum atomic E-state index is -1.16. The van der Waals surface area contributed by atoms with Gasteiger partial charge in [-0.1, -0.05) is 4.49 Å². The number of aromatic nitrogens is 2. The summed E-state index contributed by atoms with van der Waals surface area (Å²) in [5, 5.41) is 15.1. The lowest BCUT2D eigenvalue weighted by Gasteiger charge is -2.08. The van der Waals surface area contributed by atoms with Gasteiger partial charge in [-0.05, 0) is 29.7 Å². The number of hydrogen-bond acceptors (Lipinski definition) is 6. The van der Waals surface area contributed by atoms with Crippen molar-refractivity contribution in [1.29, 1.82) is 0 Å². The van der Waals surface area contributed by atoms with Gasteiger partial charge in [0.15, 0.2) is 0 Å². The van der Waals surface area contributed by atoms with E-state index < -0.39 is 11.9 Å². The number of benzene rings is 1. The summed E-state index contributed by atoms with van der Waals surface area (Å²) >= 11 is 0.927. The van der Waals surface area contributed by atoms with Crippen molar-refractivity contribution in [3.05, 3.63) is 34.8 Å². The molecule has 0 aliphatic rings. The largest absolute Gasteiger partial charge is 0.497 e. The molecule has 7 nitrogen and oxygen atoms in total. The van der Waals surface area contributed by atoms with Crippen molar-refractivity contribution in [2.24, 2.45) is 0 Å². The number of carboxylic acids is 1. The van der Waals surface area contributed by atoms with Gasteiger partial charge in [-0.2, -0.15) is 0 Å². The van der Waals surface area contributed by atoms with E-state index in [4.69, 9.17) is 9.84 Å². The van der Waals surface area contributed by atoms with Crippen LogP contribution in [0.2, 0.25) is 0 Å². The van der Waals surface area contributed by atoms with E-state index in [0.717, 1.165) is 11.5 Å². The summed E-state index contributed by atoms with van der Waals surface area (Å²) < 4.78 is 8.51. The molecule has 0 spiro atoms. The van der Waals surface area contributed by atoms with Crippen molar-refractivity contribution < 1.29 is 19.4 Å². The Morgan fingerprint density at radius 1 is 1.42 bits per heavy atom. The number of carbonyl (C=O) groups excluding carboxylic acids is 1. The molecule has 1 aromatic heterocycles. The van der Waals surface area contributed by atoms with Crippen LogP contribution in [0.15, 0.2) is 24.4 Å². The summed E-state index contributed by atoms with van der Waals surface area (Å²) in [6.07, 6.45) is 1.31. The molecular formula is C11H9N3O4S. The fourth-order valence-corrected chi connectivity index (χ4v) is 1.80. The van der Waals surface area contributed by atoms with Gasteiger partial charge >= 0.3 is 5.97 Å². The first-order valence-corrected chi connectivity index (χ1v) is 5.89. The molecule has 98 valence electrons.